The molecule has 112 valence electrons. The fourth-order valence-electron chi connectivity index (χ4n) is 2.33. The summed E-state index contributed by atoms with van der Waals surface area (Å²) in [6.45, 7) is 2.45. The smallest absolute Gasteiger partial charge is 0.0589 e. The number of nitrogens with two attached hydrogens (primary N) is 1. The molecule has 0 heterocycles. The van der Waals surface area contributed by atoms with E-state index >= 15 is 0 Å². The minimum absolute atomic E-state index is 0.0247. The maximum atomic E-state index is 6.27. The SMILES string of the molecule is COCCN(C)CC(N)c1ccc(-c2ccccc2)cc1. The third-order valence-corrected chi connectivity index (χ3v) is 3.63. The van der Waals surface area contributed by atoms with Gasteiger partial charge in [-0.1, -0.05) is 54.6 Å². The topological polar surface area (TPSA) is 38.5 Å². The zero-order valence-electron chi connectivity index (χ0n) is 12.8. The lowest BCUT2D eigenvalue weighted by Gasteiger charge is -2.21. The Labute approximate surface area is 127 Å². The average Bonchev–Trinajstić information content (AvgIpc) is 2.54. The number of rotatable bonds is 7. The molecule has 0 spiro atoms. The van der Waals surface area contributed by atoms with Crippen LogP contribution in [0.1, 0.15) is 11.6 Å². The first-order valence-electron chi connectivity index (χ1n) is 7.29. The van der Waals surface area contributed by atoms with Gasteiger partial charge < -0.3 is 15.4 Å². The highest BCUT2D eigenvalue weighted by atomic mass is 16.5. The molecule has 0 saturated heterocycles. The van der Waals surface area contributed by atoms with Gasteiger partial charge in [0.05, 0.1) is 6.61 Å². The van der Waals surface area contributed by atoms with E-state index in [1.807, 2.05) is 6.07 Å². The largest absolute Gasteiger partial charge is 0.383 e. The van der Waals surface area contributed by atoms with Crippen LogP contribution in [0.3, 0.4) is 0 Å². The summed E-state index contributed by atoms with van der Waals surface area (Å²) in [5, 5.41) is 0. The van der Waals surface area contributed by atoms with Crippen LogP contribution in [-0.4, -0.2) is 38.8 Å². The van der Waals surface area contributed by atoms with Gasteiger partial charge in [0.2, 0.25) is 0 Å². The van der Waals surface area contributed by atoms with Gasteiger partial charge in [0.1, 0.15) is 0 Å². The lowest BCUT2D eigenvalue weighted by Crippen LogP contribution is -2.31. The Bertz CT molecular complexity index is 525. The van der Waals surface area contributed by atoms with Crippen LogP contribution in [-0.2, 0) is 4.74 Å². The highest BCUT2D eigenvalue weighted by molar-refractivity contribution is 5.63. The monoisotopic (exact) mass is 284 g/mol. The van der Waals surface area contributed by atoms with Crippen LogP contribution in [0.5, 0.6) is 0 Å². The number of hydrogen-bond donors (Lipinski definition) is 1. The standard InChI is InChI=1S/C18H24N2O/c1-20(12-13-21-2)14-18(19)17-10-8-16(9-11-17)15-6-4-3-5-7-15/h3-11,18H,12-14,19H2,1-2H3. The molecule has 3 nitrogen and oxygen atoms in total. The van der Waals surface area contributed by atoms with Gasteiger partial charge in [-0.05, 0) is 23.7 Å². The number of hydrogen-bond acceptors (Lipinski definition) is 3. The van der Waals surface area contributed by atoms with E-state index in [0.29, 0.717) is 0 Å². The molecule has 0 aliphatic carbocycles. The molecule has 2 N–H and O–H groups in total. The molecule has 1 unspecified atom stereocenters. The van der Waals surface area contributed by atoms with Crippen molar-refractivity contribution >= 4 is 0 Å². The summed E-state index contributed by atoms with van der Waals surface area (Å²) in [7, 11) is 3.79. The number of benzene rings is 2. The van der Waals surface area contributed by atoms with Crippen LogP contribution in [0.25, 0.3) is 11.1 Å². The molecule has 2 aromatic rings. The molecular weight excluding hydrogens is 260 g/mol. The normalized spacial score (nSPS) is 12.6. The predicted molar refractivity (Wildman–Crippen MR) is 88.2 cm³/mol. The first-order chi connectivity index (χ1) is 10.2. The van der Waals surface area contributed by atoms with Gasteiger partial charge in [-0.25, -0.2) is 0 Å². The van der Waals surface area contributed by atoms with Gasteiger partial charge in [-0.2, -0.15) is 0 Å². The number of ether oxygens (including phenoxy) is 1. The van der Waals surface area contributed by atoms with Gasteiger partial charge in [0.15, 0.2) is 0 Å². The Morgan fingerprint density at radius 1 is 1.00 bits per heavy atom. The van der Waals surface area contributed by atoms with Crippen molar-refractivity contribution in [3.8, 4) is 11.1 Å². The van der Waals surface area contributed by atoms with Gasteiger partial charge in [-0.3, -0.25) is 0 Å². The Morgan fingerprint density at radius 2 is 1.62 bits per heavy atom. The summed E-state index contributed by atoms with van der Waals surface area (Å²) in [5.41, 5.74) is 9.89. The summed E-state index contributed by atoms with van der Waals surface area (Å²) < 4.78 is 5.08. The summed E-state index contributed by atoms with van der Waals surface area (Å²) in [6, 6.07) is 18.9. The lowest BCUT2D eigenvalue weighted by atomic mass is 10.0. The first-order valence-corrected chi connectivity index (χ1v) is 7.29. The van der Waals surface area contributed by atoms with E-state index in [0.717, 1.165) is 19.7 Å². The quantitative estimate of drug-likeness (QED) is 0.849. The molecule has 0 bridgehead atoms. The number of nitrogens with zero attached hydrogens (tertiary/aromatic N) is 1. The fraction of sp³-hybridized carbons (Fsp3) is 0.333. The molecule has 3 heteroatoms. The van der Waals surface area contributed by atoms with Crippen LogP contribution >= 0.6 is 0 Å². The van der Waals surface area contributed by atoms with Crippen molar-refractivity contribution in [1.82, 2.24) is 4.90 Å². The molecular formula is C18H24N2O. The fourth-order valence-corrected chi connectivity index (χ4v) is 2.33. The minimum atomic E-state index is 0.0247. The lowest BCUT2D eigenvalue weighted by molar-refractivity contribution is 0.158. The van der Waals surface area contributed by atoms with Crippen LogP contribution in [0.4, 0.5) is 0 Å². The molecule has 2 rings (SSSR count). The van der Waals surface area contributed by atoms with Crippen molar-refractivity contribution in [2.45, 2.75) is 6.04 Å². The highest BCUT2D eigenvalue weighted by Gasteiger charge is 2.09. The van der Waals surface area contributed by atoms with Crippen LogP contribution in [0.15, 0.2) is 54.6 Å². The molecule has 0 saturated carbocycles. The second-order valence-corrected chi connectivity index (χ2v) is 5.35. The first kappa shape index (κ1) is 15.7. The van der Waals surface area contributed by atoms with Crippen LogP contribution in [0, 0.1) is 0 Å². The van der Waals surface area contributed by atoms with E-state index in [1.54, 1.807) is 7.11 Å². The number of likely N-dealkylation sites (N-methyl/N-ethyl adjacent to an activating group) is 1. The summed E-state index contributed by atoms with van der Waals surface area (Å²) >= 11 is 0. The Kier molecular flexibility index (Phi) is 5.93. The van der Waals surface area contributed by atoms with Crippen molar-refractivity contribution in [2.75, 3.05) is 33.9 Å². The highest BCUT2D eigenvalue weighted by Crippen LogP contribution is 2.21. The van der Waals surface area contributed by atoms with E-state index in [9.17, 15) is 0 Å². The molecule has 0 amide bonds. The van der Waals surface area contributed by atoms with Crippen molar-refractivity contribution in [3.05, 3.63) is 60.2 Å². The van der Waals surface area contributed by atoms with Crippen molar-refractivity contribution in [3.63, 3.8) is 0 Å². The minimum Gasteiger partial charge on any atom is -0.383 e. The van der Waals surface area contributed by atoms with E-state index in [2.05, 4.69) is 60.5 Å². The van der Waals surface area contributed by atoms with Gasteiger partial charge in [0, 0.05) is 26.2 Å². The molecule has 21 heavy (non-hydrogen) atoms. The van der Waals surface area contributed by atoms with E-state index in [-0.39, 0.29) is 6.04 Å². The predicted octanol–water partition coefficient (Wildman–Crippen LogP) is 2.93. The Morgan fingerprint density at radius 3 is 2.24 bits per heavy atom. The van der Waals surface area contributed by atoms with Gasteiger partial charge in [-0.15, -0.1) is 0 Å². The van der Waals surface area contributed by atoms with E-state index in [1.165, 1.54) is 16.7 Å². The molecule has 0 aliphatic rings. The van der Waals surface area contributed by atoms with E-state index in [4.69, 9.17) is 10.5 Å². The Hall–Kier alpha value is -1.68. The molecule has 0 aliphatic heterocycles. The van der Waals surface area contributed by atoms with Crippen LogP contribution in [0.2, 0.25) is 0 Å². The van der Waals surface area contributed by atoms with Crippen LogP contribution < -0.4 is 5.73 Å². The second-order valence-electron chi connectivity index (χ2n) is 5.35. The third-order valence-electron chi connectivity index (χ3n) is 3.63. The summed E-state index contributed by atoms with van der Waals surface area (Å²) in [6.07, 6.45) is 0. The van der Waals surface area contributed by atoms with Gasteiger partial charge in [0.25, 0.3) is 0 Å². The van der Waals surface area contributed by atoms with E-state index < -0.39 is 0 Å². The number of methoxy groups -OCH3 is 1. The molecule has 2 aromatic carbocycles. The molecule has 0 fully saturated rings. The summed E-state index contributed by atoms with van der Waals surface area (Å²) in [4.78, 5) is 2.19. The van der Waals surface area contributed by atoms with Crippen molar-refractivity contribution in [2.24, 2.45) is 5.73 Å². The molecule has 0 radical (unpaired) electrons. The van der Waals surface area contributed by atoms with Gasteiger partial charge >= 0.3 is 0 Å². The maximum absolute atomic E-state index is 6.27. The third kappa shape index (κ3) is 4.67. The molecule has 1 atom stereocenters. The van der Waals surface area contributed by atoms with Crippen molar-refractivity contribution in [1.29, 1.82) is 0 Å². The zero-order chi connectivity index (χ0) is 15.1. The summed E-state index contributed by atoms with van der Waals surface area (Å²) in [5.74, 6) is 0. The Balaban J connectivity index is 1.98. The molecule has 0 aromatic heterocycles. The second kappa shape index (κ2) is 7.93. The van der Waals surface area contributed by atoms with Crippen molar-refractivity contribution < 1.29 is 4.74 Å². The maximum Gasteiger partial charge on any atom is 0.0589 e. The average molecular weight is 284 g/mol. The zero-order valence-corrected chi connectivity index (χ0v) is 12.8.